The van der Waals surface area contributed by atoms with Crippen LogP contribution in [0.5, 0.6) is 11.5 Å². The van der Waals surface area contributed by atoms with Crippen molar-refractivity contribution >= 4 is 5.96 Å². The third-order valence-electron chi connectivity index (χ3n) is 5.23. The van der Waals surface area contributed by atoms with E-state index < -0.39 is 6.29 Å². The molecule has 0 saturated heterocycles. The van der Waals surface area contributed by atoms with Crippen molar-refractivity contribution in [3.63, 3.8) is 0 Å². The predicted octanol–water partition coefficient (Wildman–Crippen LogP) is 2.84. The molecule has 0 amide bonds. The molecule has 1 aromatic carbocycles. The summed E-state index contributed by atoms with van der Waals surface area (Å²) in [5, 5.41) is 8.88. The Labute approximate surface area is 173 Å². The number of methoxy groups -OCH3 is 3. The molecule has 1 fully saturated rings. The standard InChI is InChI=1S/C21H32N4O4/c1-15(12-25(21(23)24-14-22)13-20(27-3)28-4)16-9-10-18(26-2)19(11-16)29-17-7-5-6-8-17/h9-11,15,17,20H,5-8,12-13H2,1-4H3,(H2,23,24). The van der Waals surface area contributed by atoms with Gasteiger partial charge in [-0.2, -0.15) is 5.26 Å². The lowest BCUT2D eigenvalue weighted by atomic mass is 10.00. The van der Waals surface area contributed by atoms with Gasteiger partial charge in [-0.25, -0.2) is 0 Å². The van der Waals surface area contributed by atoms with Crippen molar-refractivity contribution in [1.82, 2.24) is 4.90 Å². The Balaban J connectivity index is 2.18. The summed E-state index contributed by atoms with van der Waals surface area (Å²) in [5.74, 6) is 1.72. The van der Waals surface area contributed by atoms with E-state index in [0.29, 0.717) is 13.1 Å². The van der Waals surface area contributed by atoms with Crippen molar-refractivity contribution in [3.05, 3.63) is 23.8 Å². The molecular formula is C21H32N4O4. The van der Waals surface area contributed by atoms with Gasteiger partial charge in [0.05, 0.1) is 19.8 Å². The minimum absolute atomic E-state index is 0.0913. The van der Waals surface area contributed by atoms with Crippen LogP contribution in [0.4, 0.5) is 0 Å². The average Bonchev–Trinajstić information content (AvgIpc) is 3.24. The zero-order valence-electron chi connectivity index (χ0n) is 17.8. The van der Waals surface area contributed by atoms with Crippen LogP contribution >= 0.6 is 0 Å². The van der Waals surface area contributed by atoms with Crippen molar-refractivity contribution in [3.8, 4) is 17.7 Å². The van der Waals surface area contributed by atoms with Crippen molar-refractivity contribution < 1.29 is 18.9 Å². The minimum Gasteiger partial charge on any atom is -0.493 e. The smallest absolute Gasteiger partial charge is 0.209 e. The Morgan fingerprint density at radius 2 is 1.90 bits per heavy atom. The van der Waals surface area contributed by atoms with E-state index in [1.165, 1.54) is 12.8 Å². The van der Waals surface area contributed by atoms with Gasteiger partial charge in [0, 0.05) is 20.8 Å². The first-order valence-corrected chi connectivity index (χ1v) is 9.89. The molecule has 0 radical (unpaired) electrons. The number of rotatable bonds is 10. The molecule has 29 heavy (non-hydrogen) atoms. The SMILES string of the molecule is COc1ccc(C(C)CN(CC(OC)OC)/C(N)=N\C#N)cc1OC1CCCC1. The Morgan fingerprint density at radius 1 is 1.21 bits per heavy atom. The second kappa shape index (κ2) is 11.5. The molecule has 1 aliphatic carbocycles. The number of nitrogens with two attached hydrogens (primary N) is 1. The summed E-state index contributed by atoms with van der Waals surface area (Å²) >= 11 is 0. The first-order chi connectivity index (χ1) is 14.0. The Hall–Kier alpha value is -2.50. The van der Waals surface area contributed by atoms with Gasteiger partial charge in [-0.1, -0.05) is 13.0 Å². The predicted molar refractivity (Wildman–Crippen MR) is 111 cm³/mol. The lowest BCUT2D eigenvalue weighted by molar-refractivity contribution is -0.109. The molecule has 1 aromatic rings. The van der Waals surface area contributed by atoms with E-state index in [1.807, 2.05) is 18.2 Å². The molecule has 160 valence electrons. The summed E-state index contributed by atoms with van der Waals surface area (Å²) in [4.78, 5) is 5.46. The zero-order valence-corrected chi connectivity index (χ0v) is 17.8. The fraction of sp³-hybridized carbons (Fsp3) is 0.619. The number of benzene rings is 1. The molecule has 0 spiro atoms. The van der Waals surface area contributed by atoms with Gasteiger partial charge in [0.2, 0.25) is 12.2 Å². The Kier molecular flexibility index (Phi) is 9.03. The molecule has 8 nitrogen and oxygen atoms in total. The number of ether oxygens (including phenoxy) is 4. The summed E-state index contributed by atoms with van der Waals surface area (Å²) in [6, 6.07) is 5.98. The first kappa shape index (κ1) is 22.8. The van der Waals surface area contributed by atoms with E-state index in [1.54, 1.807) is 32.4 Å². The number of hydrogen-bond acceptors (Lipinski definition) is 6. The van der Waals surface area contributed by atoms with Crippen LogP contribution in [0.3, 0.4) is 0 Å². The van der Waals surface area contributed by atoms with E-state index in [0.717, 1.165) is 29.9 Å². The highest BCUT2D eigenvalue weighted by Gasteiger charge is 2.22. The largest absolute Gasteiger partial charge is 0.493 e. The summed E-state index contributed by atoms with van der Waals surface area (Å²) in [6.07, 6.45) is 6.06. The molecule has 1 saturated carbocycles. The number of guanidine groups is 1. The van der Waals surface area contributed by atoms with E-state index in [4.69, 9.17) is 29.9 Å². The van der Waals surface area contributed by atoms with Gasteiger partial charge in [-0.05, 0) is 49.3 Å². The third kappa shape index (κ3) is 6.51. The fourth-order valence-electron chi connectivity index (χ4n) is 3.52. The minimum atomic E-state index is -0.480. The van der Waals surface area contributed by atoms with Crippen molar-refractivity contribution in [2.45, 2.75) is 50.9 Å². The third-order valence-corrected chi connectivity index (χ3v) is 5.23. The van der Waals surface area contributed by atoms with Crippen molar-refractivity contribution in [2.75, 3.05) is 34.4 Å². The van der Waals surface area contributed by atoms with Crippen LogP contribution in [-0.4, -0.2) is 57.7 Å². The molecule has 1 unspecified atom stereocenters. The second-order valence-electron chi connectivity index (χ2n) is 7.21. The molecule has 8 heteroatoms. The summed E-state index contributed by atoms with van der Waals surface area (Å²) < 4.78 is 22.2. The van der Waals surface area contributed by atoms with Crippen LogP contribution in [0.15, 0.2) is 23.2 Å². The monoisotopic (exact) mass is 404 g/mol. The van der Waals surface area contributed by atoms with Gasteiger partial charge in [0.25, 0.3) is 0 Å². The van der Waals surface area contributed by atoms with Crippen LogP contribution in [0.25, 0.3) is 0 Å². The normalized spacial score (nSPS) is 15.9. The van der Waals surface area contributed by atoms with Crippen LogP contribution in [0.1, 0.15) is 44.1 Å². The topological polar surface area (TPSA) is 102 Å². The van der Waals surface area contributed by atoms with Crippen LogP contribution in [0.2, 0.25) is 0 Å². The average molecular weight is 405 g/mol. The Bertz CT molecular complexity index is 709. The van der Waals surface area contributed by atoms with E-state index in [2.05, 4.69) is 11.9 Å². The van der Waals surface area contributed by atoms with Crippen molar-refractivity contribution in [1.29, 1.82) is 5.26 Å². The molecule has 0 aromatic heterocycles. The number of nitriles is 1. The molecule has 2 rings (SSSR count). The van der Waals surface area contributed by atoms with E-state index in [-0.39, 0.29) is 18.0 Å². The maximum atomic E-state index is 8.88. The lowest BCUT2D eigenvalue weighted by Gasteiger charge is -2.29. The molecule has 0 bridgehead atoms. The lowest BCUT2D eigenvalue weighted by Crippen LogP contribution is -2.44. The summed E-state index contributed by atoms with van der Waals surface area (Å²) in [6.45, 7) is 2.98. The van der Waals surface area contributed by atoms with Gasteiger partial charge in [0.15, 0.2) is 17.8 Å². The maximum Gasteiger partial charge on any atom is 0.209 e. The van der Waals surface area contributed by atoms with E-state index >= 15 is 0 Å². The highest BCUT2D eigenvalue weighted by molar-refractivity contribution is 5.79. The number of hydrogen-bond donors (Lipinski definition) is 1. The molecule has 1 atom stereocenters. The summed E-state index contributed by atoms with van der Waals surface area (Å²) in [5.41, 5.74) is 7.08. The first-order valence-electron chi connectivity index (χ1n) is 9.89. The van der Waals surface area contributed by atoms with Crippen molar-refractivity contribution in [2.24, 2.45) is 10.7 Å². The molecular weight excluding hydrogens is 372 g/mol. The van der Waals surface area contributed by atoms with Gasteiger partial charge in [0.1, 0.15) is 0 Å². The van der Waals surface area contributed by atoms with E-state index in [9.17, 15) is 0 Å². The van der Waals surface area contributed by atoms with Crippen LogP contribution < -0.4 is 15.2 Å². The molecule has 1 aliphatic rings. The number of aliphatic imine (C=N–C) groups is 1. The van der Waals surface area contributed by atoms with Gasteiger partial charge in [-0.15, -0.1) is 4.99 Å². The quantitative estimate of drug-likeness (QED) is 0.277. The second-order valence-corrected chi connectivity index (χ2v) is 7.21. The van der Waals surface area contributed by atoms with Crippen LogP contribution in [0, 0.1) is 11.5 Å². The Morgan fingerprint density at radius 3 is 2.48 bits per heavy atom. The number of nitrogens with zero attached hydrogens (tertiary/aromatic N) is 3. The van der Waals surface area contributed by atoms with Crippen LogP contribution in [-0.2, 0) is 9.47 Å². The fourth-order valence-corrected chi connectivity index (χ4v) is 3.52. The van der Waals surface area contributed by atoms with Gasteiger partial charge in [-0.3, -0.25) is 0 Å². The molecule has 0 heterocycles. The summed E-state index contributed by atoms with van der Waals surface area (Å²) in [7, 11) is 4.77. The van der Waals surface area contributed by atoms with Gasteiger partial charge >= 0.3 is 0 Å². The highest BCUT2D eigenvalue weighted by atomic mass is 16.7. The highest BCUT2D eigenvalue weighted by Crippen LogP contribution is 2.34. The van der Waals surface area contributed by atoms with Gasteiger partial charge < -0.3 is 29.6 Å². The maximum absolute atomic E-state index is 8.88. The zero-order chi connectivity index (χ0) is 21.2. The molecule has 0 aliphatic heterocycles. The molecule has 2 N–H and O–H groups in total.